The Morgan fingerprint density at radius 2 is 1.82 bits per heavy atom. The Labute approximate surface area is 361 Å². The number of thiazole rings is 1. The van der Waals surface area contributed by atoms with Crippen LogP contribution in [-0.2, 0) is 24.4 Å². The lowest BCUT2D eigenvalue weighted by atomic mass is 9.91. The number of benzene rings is 2. The number of pyridine rings is 1. The molecule has 15 heteroatoms. The number of fused-ring (bicyclic) bond motifs is 3. The first-order valence-electron chi connectivity index (χ1n) is 21.4. The Kier molecular flexibility index (Phi) is 11.7. The third kappa shape index (κ3) is 8.60. The van der Waals surface area contributed by atoms with E-state index in [4.69, 9.17) is 25.2 Å². The number of rotatable bonds is 10. The van der Waals surface area contributed by atoms with Gasteiger partial charge in [-0.3, -0.25) is 19.1 Å². The molecular weight excluding hydrogens is 813 g/mol. The number of nitrogens with zero attached hydrogens (tertiary/aromatic N) is 3. The van der Waals surface area contributed by atoms with Gasteiger partial charge in [-0.2, -0.15) is 0 Å². The Balaban J connectivity index is 1.15. The maximum Gasteiger partial charge on any atom is 0.245 e. The number of ketones is 1. The molecule has 3 fully saturated rings. The molecule has 0 bridgehead atoms. The zero-order chi connectivity index (χ0) is 43.3. The highest BCUT2D eigenvalue weighted by Crippen LogP contribution is 2.57. The lowest BCUT2D eigenvalue weighted by Crippen LogP contribution is -2.49. The van der Waals surface area contributed by atoms with Crippen LogP contribution in [0.1, 0.15) is 102 Å². The molecule has 2 aliphatic heterocycles. The average molecular weight is 869 g/mol. The van der Waals surface area contributed by atoms with Gasteiger partial charge in [-0.15, -0.1) is 11.3 Å². The van der Waals surface area contributed by atoms with Gasteiger partial charge in [0.25, 0.3) is 0 Å². The van der Waals surface area contributed by atoms with Gasteiger partial charge >= 0.3 is 0 Å². The molecule has 2 amide bonds. The Morgan fingerprint density at radius 3 is 2.52 bits per heavy atom. The van der Waals surface area contributed by atoms with Crippen LogP contribution < -0.4 is 25.2 Å². The van der Waals surface area contributed by atoms with Gasteiger partial charge in [-0.25, -0.2) is 18.4 Å². The van der Waals surface area contributed by atoms with Gasteiger partial charge in [0.1, 0.15) is 34.3 Å². The molecule has 5 atom stereocenters. The van der Waals surface area contributed by atoms with Gasteiger partial charge in [0.15, 0.2) is 5.78 Å². The molecule has 0 unspecified atom stereocenters. The number of hydrogen-bond donors (Lipinski definition) is 3. The first-order valence-corrected chi connectivity index (χ1v) is 23.8. The number of aryl methyl sites for hydroxylation is 1. The topological polar surface area (TPSA) is 183 Å². The number of hydrogen-bond acceptors (Lipinski definition) is 12. The normalized spacial score (nSPS) is 25.8. The van der Waals surface area contributed by atoms with Gasteiger partial charge < -0.3 is 25.4 Å². The summed E-state index contributed by atoms with van der Waals surface area (Å²) in [6.07, 6.45) is 8.51. The summed E-state index contributed by atoms with van der Waals surface area (Å²) >= 11 is 1.51. The molecule has 4 heterocycles. The van der Waals surface area contributed by atoms with Crippen molar-refractivity contribution in [3.8, 4) is 22.2 Å². The van der Waals surface area contributed by atoms with Gasteiger partial charge in [0, 0.05) is 46.6 Å². The lowest BCUT2D eigenvalue weighted by Gasteiger charge is -2.30. The predicted molar refractivity (Wildman–Crippen MR) is 238 cm³/mol. The summed E-state index contributed by atoms with van der Waals surface area (Å²) in [4.78, 5) is 55.5. The summed E-state index contributed by atoms with van der Waals surface area (Å²) in [5, 5.41) is 6.97. The second-order valence-electron chi connectivity index (χ2n) is 17.9. The number of nitrogens with two attached hydrogens (primary N) is 1. The monoisotopic (exact) mass is 868 g/mol. The number of amides is 2. The first-order chi connectivity index (χ1) is 29.1. The fourth-order valence-electron chi connectivity index (χ4n) is 8.72. The first kappa shape index (κ1) is 42.7. The van der Waals surface area contributed by atoms with Crippen molar-refractivity contribution in [3.05, 3.63) is 71.3 Å². The molecule has 8 rings (SSSR count). The van der Waals surface area contributed by atoms with Gasteiger partial charge in [-0.05, 0) is 101 Å². The highest BCUT2D eigenvalue weighted by atomic mass is 32.2. The van der Waals surface area contributed by atoms with Crippen molar-refractivity contribution < 1.29 is 32.3 Å². The summed E-state index contributed by atoms with van der Waals surface area (Å²) in [7, 11) is -2.32. The van der Waals surface area contributed by atoms with Crippen molar-refractivity contribution in [2.45, 2.75) is 121 Å². The quantitative estimate of drug-likeness (QED) is 0.105. The molecule has 324 valence electrons. The molecule has 4 N–H and O–H groups in total. The van der Waals surface area contributed by atoms with Crippen molar-refractivity contribution in [2.24, 2.45) is 11.3 Å². The summed E-state index contributed by atoms with van der Waals surface area (Å²) in [5.41, 5.74) is 9.21. The van der Waals surface area contributed by atoms with Gasteiger partial charge in [-0.1, -0.05) is 38.8 Å². The highest BCUT2D eigenvalue weighted by molar-refractivity contribution is 7.91. The van der Waals surface area contributed by atoms with Crippen LogP contribution in [0.3, 0.4) is 0 Å². The standard InChI is InChI=1S/C46H56N6O7S2/c1-27(2)36-26-60-42(50-36)35-22-40(33-17-18-39(58-5)28(3)41(33)49-35)59-32-21-37-38(53)24-46(44(55)51-61(56,57)45(4)19-20-45)23-29(46)11-9-7-6-8-10-12-34(43(54)52(37)25-32)48-31-15-13-30(47)14-16-31/h9,11,13-18,22,26-27,29,32,34,37,48H,6-8,10,12,19-21,23-25,47H2,1-5H3,(H,51,55)/b11-9-/t29-,32-,34+,37+,46-/m1/s1. The number of allylic oxidation sites excluding steroid dienone is 2. The van der Waals surface area contributed by atoms with Crippen molar-refractivity contribution >= 4 is 61.2 Å². The largest absolute Gasteiger partial charge is 0.496 e. The van der Waals surface area contributed by atoms with Crippen molar-refractivity contribution in [3.63, 3.8) is 0 Å². The molecule has 0 spiro atoms. The summed E-state index contributed by atoms with van der Waals surface area (Å²) in [6.45, 7) is 7.89. The Hall–Kier alpha value is -5.02. The zero-order valence-electron chi connectivity index (χ0n) is 35.5. The SMILES string of the molecule is COc1ccc2c(O[C@@H]3C[C@H]4C(=O)C[C@]5(C(=O)NS(=O)(=O)C6(C)CC6)C[C@H]5/C=C\CCCCC[C@H](Nc5ccc(N)cc5)C(=O)N4C3)cc(-c3nc(C(C)C)cs3)nc2c1C. The number of nitrogens with one attached hydrogen (secondary N) is 2. The van der Waals surface area contributed by atoms with E-state index in [0.29, 0.717) is 54.1 Å². The maximum atomic E-state index is 14.9. The van der Waals surface area contributed by atoms with Gasteiger partial charge in [0.05, 0.1) is 41.1 Å². The molecule has 4 aliphatic rings. The van der Waals surface area contributed by atoms with E-state index in [9.17, 15) is 22.8 Å². The number of methoxy groups -OCH3 is 1. The van der Waals surface area contributed by atoms with Crippen LogP contribution in [0.15, 0.2) is 60.0 Å². The minimum atomic E-state index is -3.94. The molecule has 1 saturated heterocycles. The number of ether oxygens (including phenoxy) is 2. The zero-order valence-corrected chi connectivity index (χ0v) is 37.2. The summed E-state index contributed by atoms with van der Waals surface area (Å²) in [6, 6.07) is 11.3. The number of nitrogen functional groups attached to an aromatic ring is 1. The smallest absolute Gasteiger partial charge is 0.245 e. The number of aromatic nitrogens is 2. The van der Waals surface area contributed by atoms with Crippen LogP contribution >= 0.6 is 11.3 Å². The van der Waals surface area contributed by atoms with Crippen LogP contribution in [0.4, 0.5) is 11.4 Å². The van der Waals surface area contributed by atoms with E-state index in [1.807, 2.05) is 54.8 Å². The molecule has 4 aromatic rings. The van der Waals surface area contributed by atoms with E-state index in [0.717, 1.165) is 53.0 Å². The van der Waals surface area contributed by atoms with Crippen LogP contribution in [0.25, 0.3) is 21.6 Å². The number of sulfonamides is 1. The predicted octanol–water partition coefficient (Wildman–Crippen LogP) is 7.69. The molecular formula is C46H56N6O7S2. The third-order valence-electron chi connectivity index (χ3n) is 13.1. The number of carbonyl (C=O) groups is 3. The van der Waals surface area contributed by atoms with E-state index in [-0.39, 0.29) is 42.9 Å². The number of Topliss-reactive ketones (excluding diaryl/α,β-unsaturated/α-hetero) is 1. The molecule has 2 aromatic carbocycles. The number of carbonyl (C=O) groups excluding carboxylic acids is 3. The maximum absolute atomic E-state index is 14.9. The third-order valence-corrected chi connectivity index (χ3v) is 16.1. The van der Waals surface area contributed by atoms with E-state index in [1.165, 1.54) is 11.3 Å². The van der Waals surface area contributed by atoms with Crippen molar-refractivity contribution in [2.75, 3.05) is 24.7 Å². The van der Waals surface area contributed by atoms with Crippen LogP contribution in [-0.4, -0.2) is 77.5 Å². The average Bonchev–Trinajstić information content (AvgIpc) is 4.00. The van der Waals surface area contributed by atoms with Crippen LogP contribution in [0.5, 0.6) is 11.5 Å². The molecule has 2 saturated carbocycles. The summed E-state index contributed by atoms with van der Waals surface area (Å²) < 4.78 is 40.6. The molecule has 2 aliphatic carbocycles. The van der Waals surface area contributed by atoms with E-state index >= 15 is 0 Å². The summed E-state index contributed by atoms with van der Waals surface area (Å²) in [5.74, 6) is -0.0373. The fraction of sp³-hybridized carbons (Fsp3) is 0.500. The second kappa shape index (κ2) is 16.7. The molecule has 61 heavy (non-hydrogen) atoms. The lowest BCUT2D eigenvalue weighted by molar-refractivity contribution is -0.139. The molecule has 13 nitrogen and oxygen atoms in total. The van der Waals surface area contributed by atoms with Crippen LogP contribution in [0.2, 0.25) is 0 Å². The van der Waals surface area contributed by atoms with Crippen molar-refractivity contribution in [1.82, 2.24) is 19.6 Å². The second-order valence-corrected chi connectivity index (χ2v) is 20.9. The molecule has 0 radical (unpaired) electrons. The fourth-order valence-corrected chi connectivity index (χ4v) is 11.0. The van der Waals surface area contributed by atoms with Crippen molar-refractivity contribution in [1.29, 1.82) is 0 Å². The molecule has 2 aromatic heterocycles. The number of anilines is 2. The van der Waals surface area contributed by atoms with E-state index < -0.39 is 44.3 Å². The minimum Gasteiger partial charge on any atom is -0.496 e. The van der Waals surface area contributed by atoms with E-state index in [1.54, 1.807) is 31.1 Å². The van der Waals surface area contributed by atoms with Crippen LogP contribution in [0, 0.1) is 18.3 Å². The highest BCUT2D eigenvalue weighted by Gasteiger charge is 2.62. The Bertz CT molecular complexity index is 2480. The minimum absolute atomic E-state index is 0.119. The van der Waals surface area contributed by atoms with Gasteiger partial charge in [0.2, 0.25) is 21.8 Å². The Morgan fingerprint density at radius 1 is 1.05 bits per heavy atom. The van der Waals surface area contributed by atoms with E-state index in [2.05, 4.69) is 23.9 Å².